The van der Waals surface area contributed by atoms with Gasteiger partial charge in [-0.15, -0.1) is 12.4 Å². The number of halogens is 3. The first-order chi connectivity index (χ1) is 14.6. The highest BCUT2D eigenvalue weighted by atomic mass is 35.5. The van der Waals surface area contributed by atoms with E-state index in [-0.39, 0.29) is 23.9 Å². The van der Waals surface area contributed by atoms with Crippen LogP contribution in [0.15, 0.2) is 58.8 Å². The molecular formula is C22H22Cl3N5S. The van der Waals surface area contributed by atoms with Crippen molar-refractivity contribution in [2.75, 3.05) is 18.0 Å². The van der Waals surface area contributed by atoms with Crippen LogP contribution in [0.4, 0.5) is 5.82 Å². The third-order valence-electron chi connectivity index (χ3n) is 6.32. The molecule has 1 saturated heterocycles. The number of pyridine rings is 1. The first-order valence-corrected chi connectivity index (χ1v) is 11.5. The van der Waals surface area contributed by atoms with Crippen LogP contribution < -0.4 is 10.6 Å². The van der Waals surface area contributed by atoms with E-state index in [1.165, 1.54) is 22.9 Å². The van der Waals surface area contributed by atoms with E-state index in [4.69, 9.17) is 28.9 Å². The Labute approximate surface area is 202 Å². The molecule has 5 rings (SSSR count). The van der Waals surface area contributed by atoms with E-state index < -0.39 is 0 Å². The molecule has 0 unspecified atom stereocenters. The lowest BCUT2D eigenvalue weighted by Crippen LogP contribution is -2.44. The molecule has 2 aliphatic rings. The Morgan fingerprint density at radius 1 is 1.03 bits per heavy atom. The third kappa shape index (κ3) is 4.24. The summed E-state index contributed by atoms with van der Waals surface area (Å²) in [5, 5.41) is 1.50. The van der Waals surface area contributed by atoms with Gasteiger partial charge >= 0.3 is 0 Å². The van der Waals surface area contributed by atoms with Crippen molar-refractivity contribution < 1.29 is 0 Å². The SMILES string of the molecule is Cl.N[C@@H]1c2ccccc2CC12CCN(c1cnc(Sc3ccnc(Cl)c3Cl)cn1)CC2. The first-order valence-electron chi connectivity index (χ1n) is 9.94. The number of hydrogen-bond donors (Lipinski definition) is 1. The Morgan fingerprint density at radius 3 is 2.52 bits per heavy atom. The lowest BCUT2D eigenvalue weighted by Gasteiger charge is -2.42. The second kappa shape index (κ2) is 9.12. The second-order valence-electron chi connectivity index (χ2n) is 7.93. The van der Waals surface area contributed by atoms with Gasteiger partial charge in [0.05, 0.1) is 17.4 Å². The molecule has 1 aliphatic carbocycles. The molecular weight excluding hydrogens is 473 g/mol. The van der Waals surface area contributed by atoms with Gasteiger partial charge in [-0.2, -0.15) is 0 Å². The molecule has 2 aromatic heterocycles. The van der Waals surface area contributed by atoms with Gasteiger partial charge in [0.25, 0.3) is 0 Å². The zero-order chi connectivity index (χ0) is 20.7. The summed E-state index contributed by atoms with van der Waals surface area (Å²) < 4.78 is 0. The highest BCUT2D eigenvalue weighted by Gasteiger charge is 2.45. The standard InChI is InChI=1S/C22H21Cl2N5S.ClH/c23-19-16(5-8-26-21(19)24)30-18-13-27-17(12-28-18)29-9-6-22(7-10-29)11-14-3-1-2-4-15(14)20(22)25;/h1-5,8,12-13,20H,6-7,9-11,25H2;1H/t20-;/m1./s1. The van der Waals surface area contributed by atoms with Crippen molar-refractivity contribution in [3.63, 3.8) is 0 Å². The van der Waals surface area contributed by atoms with E-state index in [1.807, 2.05) is 12.3 Å². The molecule has 3 aromatic rings. The zero-order valence-corrected chi connectivity index (χ0v) is 19.8. The topological polar surface area (TPSA) is 67.9 Å². The molecule has 3 heterocycles. The van der Waals surface area contributed by atoms with Gasteiger partial charge in [0.15, 0.2) is 0 Å². The van der Waals surface area contributed by atoms with Crippen LogP contribution in [0.2, 0.25) is 10.2 Å². The summed E-state index contributed by atoms with van der Waals surface area (Å²) in [6.45, 7) is 1.88. The van der Waals surface area contributed by atoms with Crippen LogP contribution in [0.5, 0.6) is 0 Å². The van der Waals surface area contributed by atoms with Gasteiger partial charge in [-0.3, -0.25) is 0 Å². The lowest BCUT2D eigenvalue weighted by atomic mass is 9.73. The molecule has 0 bridgehead atoms. The van der Waals surface area contributed by atoms with Gasteiger partial charge in [0.1, 0.15) is 16.0 Å². The van der Waals surface area contributed by atoms with Gasteiger partial charge in [0.2, 0.25) is 0 Å². The van der Waals surface area contributed by atoms with Crippen LogP contribution in [-0.4, -0.2) is 28.0 Å². The Hall–Kier alpha value is -1.57. The molecule has 5 nitrogen and oxygen atoms in total. The minimum atomic E-state index is 0. The maximum Gasteiger partial charge on any atom is 0.148 e. The number of nitrogens with zero attached hydrogens (tertiary/aromatic N) is 4. The minimum Gasteiger partial charge on any atom is -0.355 e. The average Bonchev–Trinajstić information content (AvgIpc) is 3.04. The van der Waals surface area contributed by atoms with Gasteiger partial charge in [0, 0.05) is 30.2 Å². The number of nitrogens with two attached hydrogens (primary N) is 1. The van der Waals surface area contributed by atoms with Gasteiger partial charge in [-0.1, -0.05) is 59.2 Å². The summed E-state index contributed by atoms with van der Waals surface area (Å²) >= 11 is 13.6. The van der Waals surface area contributed by atoms with Gasteiger partial charge < -0.3 is 10.6 Å². The molecule has 0 amide bonds. The van der Waals surface area contributed by atoms with E-state index in [0.29, 0.717) is 10.2 Å². The van der Waals surface area contributed by atoms with Crippen LogP contribution in [0.3, 0.4) is 0 Å². The lowest BCUT2D eigenvalue weighted by molar-refractivity contribution is 0.187. The molecule has 31 heavy (non-hydrogen) atoms. The quantitative estimate of drug-likeness (QED) is 0.478. The Kier molecular flexibility index (Phi) is 6.65. The third-order valence-corrected chi connectivity index (χ3v) is 8.17. The number of benzene rings is 1. The van der Waals surface area contributed by atoms with Gasteiger partial charge in [-0.25, -0.2) is 15.0 Å². The largest absolute Gasteiger partial charge is 0.355 e. The zero-order valence-electron chi connectivity index (χ0n) is 16.7. The molecule has 1 atom stereocenters. The van der Waals surface area contributed by atoms with Crippen molar-refractivity contribution in [1.29, 1.82) is 0 Å². The van der Waals surface area contributed by atoms with Crippen LogP contribution >= 0.6 is 47.4 Å². The Morgan fingerprint density at radius 2 is 1.81 bits per heavy atom. The van der Waals surface area contributed by atoms with Crippen LogP contribution in [0.1, 0.15) is 30.0 Å². The molecule has 9 heteroatoms. The van der Waals surface area contributed by atoms with E-state index >= 15 is 0 Å². The summed E-state index contributed by atoms with van der Waals surface area (Å²) in [6, 6.07) is 10.6. The monoisotopic (exact) mass is 493 g/mol. The highest BCUT2D eigenvalue weighted by Crippen LogP contribution is 2.50. The second-order valence-corrected chi connectivity index (χ2v) is 9.73. The molecule has 1 fully saturated rings. The van der Waals surface area contributed by atoms with Crippen molar-refractivity contribution in [1.82, 2.24) is 15.0 Å². The summed E-state index contributed by atoms with van der Waals surface area (Å²) in [4.78, 5) is 16.3. The molecule has 0 saturated carbocycles. The number of aromatic nitrogens is 3. The maximum absolute atomic E-state index is 6.68. The summed E-state index contributed by atoms with van der Waals surface area (Å²) in [5.41, 5.74) is 9.58. The van der Waals surface area contributed by atoms with Crippen LogP contribution in [-0.2, 0) is 6.42 Å². The van der Waals surface area contributed by atoms with E-state index in [1.54, 1.807) is 12.4 Å². The average molecular weight is 495 g/mol. The maximum atomic E-state index is 6.68. The molecule has 1 spiro atoms. The van der Waals surface area contributed by atoms with Crippen molar-refractivity contribution in [2.24, 2.45) is 11.1 Å². The van der Waals surface area contributed by atoms with Crippen LogP contribution in [0.25, 0.3) is 0 Å². The predicted octanol–water partition coefficient (Wildman–Crippen LogP) is 5.59. The number of anilines is 1. The smallest absolute Gasteiger partial charge is 0.148 e. The summed E-state index contributed by atoms with van der Waals surface area (Å²) in [6.07, 6.45) is 8.45. The first kappa shape index (κ1) is 22.6. The van der Waals surface area contributed by atoms with Crippen LogP contribution in [0, 0.1) is 5.41 Å². The Balaban J connectivity index is 0.00000231. The fourth-order valence-corrected chi connectivity index (χ4v) is 5.80. The fourth-order valence-electron chi connectivity index (χ4n) is 4.61. The highest BCUT2D eigenvalue weighted by molar-refractivity contribution is 7.99. The van der Waals surface area contributed by atoms with Crippen molar-refractivity contribution in [3.8, 4) is 0 Å². The minimum absolute atomic E-state index is 0. The van der Waals surface area contributed by atoms with Crippen molar-refractivity contribution >= 4 is 53.2 Å². The molecule has 2 N–H and O–H groups in total. The van der Waals surface area contributed by atoms with E-state index in [2.05, 4.69) is 44.1 Å². The van der Waals surface area contributed by atoms with E-state index in [9.17, 15) is 0 Å². The fraction of sp³-hybridized carbons (Fsp3) is 0.318. The van der Waals surface area contributed by atoms with E-state index in [0.717, 1.165) is 48.1 Å². The molecule has 1 aromatic carbocycles. The van der Waals surface area contributed by atoms with Gasteiger partial charge in [-0.05, 0) is 41.9 Å². The number of rotatable bonds is 3. The summed E-state index contributed by atoms with van der Waals surface area (Å²) in [5.74, 6) is 0.900. The van der Waals surface area contributed by atoms with Crippen molar-refractivity contribution in [2.45, 2.75) is 35.2 Å². The van der Waals surface area contributed by atoms with Crippen molar-refractivity contribution in [3.05, 3.63) is 70.2 Å². The molecule has 162 valence electrons. The number of piperidine rings is 1. The Bertz CT molecular complexity index is 1070. The molecule has 1 aliphatic heterocycles. The summed E-state index contributed by atoms with van der Waals surface area (Å²) in [7, 11) is 0. The normalized spacial score (nSPS) is 19.2. The number of fused-ring (bicyclic) bond motifs is 1. The molecule has 0 radical (unpaired) electrons. The predicted molar refractivity (Wildman–Crippen MR) is 129 cm³/mol. The number of hydrogen-bond acceptors (Lipinski definition) is 6.